The molecule has 2 aromatic heterocycles. The molecule has 14 heteroatoms. The van der Waals surface area contributed by atoms with Gasteiger partial charge in [-0.2, -0.15) is 5.10 Å². The number of fused-ring (bicyclic) bond motifs is 1. The molecule has 2 N–H and O–H groups in total. The minimum absolute atomic E-state index is 0.116. The van der Waals surface area contributed by atoms with Crippen LogP contribution in [-0.4, -0.2) is 68.4 Å². The molecule has 3 aromatic rings. The van der Waals surface area contributed by atoms with Crippen LogP contribution in [0.4, 0.5) is 4.79 Å². The first-order chi connectivity index (χ1) is 18.0. The van der Waals surface area contributed by atoms with Crippen LogP contribution in [0, 0.1) is 0 Å². The third kappa shape index (κ3) is 7.19. The monoisotopic (exact) mass is 585 g/mol. The van der Waals surface area contributed by atoms with Gasteiger partial charge in [0.1, 0.15) is 34.8 Å². The minimum Gasteiger partial charge on any atom is -0.493 e. The van der Waals surface area contributed by atoms with Crippen molar-refractivity contribution in [3.05, 3.63) is 46.0 Å². The number of nitrogens with one attached hydrogen (secondary N) is 1. The number of alkyl carbamates (subject to hydrolysis) is 1. The van der Waals surface area contributed by atoms with Crippen LogP contribution in [0.15, 0.2) is 29.7 Å². The normalized spacial score (nSPS) is 13.2. The maximum atomic E-state index is 12.2. The van der Waals surface area contributed by atoms with E-state index in [9.17, 15) is 14.7 Å². The van der Waals surface area contributed by atoms with Crippen LogP contribution < -0.4 is 10.1 Å². The number of nitrogens with zero attached hydrogens (tertiary/aromatic N) is 4. The lowest BCUT2D eigenvalue weighted by Crippen LogP contribution is -2.44. The Morgan fingerprint density at radius 1 is 1.24 bits per heavy atom. The number of carbonyl (C=O) groups excluding carboxylic acids is 2. The number of halogens is 2. The molecule has 0 aliphatic carbocycles. The van der Waals surface area contributed by atoms with Gasteiger partial charge in [-0.3, -0.25) is 0 Å². The SMILES string of the molecule is COC(=O)[C@@H](CCCOc1ccc(Cl)c(Cl)c1C(O)c1cnc2c(SC)ncnn12)NC(=O)OC(C)(C)C. The molecule has 2 atom stereocenters. The predicted molar refractivity (Wildman–Crippen MR) is 143 cm³/mol. The Bertz CT molecular complexity index is 1300. The number of rotatable bonds is 10. The van der Waals surface area contributed by atoms with E-state index < -0.39 is 29.8 Å². The molecule has 1 amide bonds. The molecule has 11 nitrogen and oxygen atoms in total. The van der Waals surface area contributed by atoms with Gasteiger partial charge in [-0.15, -0.1) is 11.8 Å². The van der Waals surface area contributed by atoms with Gasteiger partial charge in [0.15, 0.2) is 5.65 Å². The Morgan fingerprint density at radius 3 is 2.63 bits per heavy atom. The van der Waals surface area contributed by atoms with Crippen molar-refractivity contribution in [2.45, 2.75) is 56.4 Å². The van der Waals surface area contributed by atoms with Crippen LogP contribution in [0.25, 0.3) is 5.65 Å². The summed E-state index contributed by atoms with van der Waals surface area (Å²) in [5.74, 6) is -0.323. The second-order valence-electron chi connectivity index (χ2n) is 9.08. The van der Waals surface area contributed by atoms with Gasteiger partial charge >= 0.3 is 12.1 Å². The molecule has 1 unspecified atom stereocenters. The van der Waals surface area contributed by atoms with Crippen LogP contribution in [0.3, 0.4) is 0 Å². The predicted octanol–water partition coefficient (Wildman–Crippen LogP) is 4.46. The molecule has 0 radical (unpaired) electrons. The van der Waals surface area contributed by atoms with E-state index in [1.165, 1.54) is 35.9 Å². The van der Waals surface area contributed by atoms with E-state index >= 15 is 0 Å². The van der Waals surface area contributed by atoms with Gasteiger partial charge in [-0.1, -0.05) is 23.2 Å². The van der Waals surface area contributed by atoms with E-state index in [2.05, 4.69) is 20.4 Å². The van der Waals surface area contributed by atoms with Gasteiger partial charge in [0.05, 0.1) is 35.7 Å². The molecule has 2 heterocycles. The summed E-state index contributed by atoms with van der Waals surface area (Å²) in [5.41, 5.74) is 0.352. The van der Waals surface area contributed by atoms with Gasteiger partial charge in [-0.25, -0.2) is 24.1 Å². The molecule has 0 spiro atoms. The van der Waals surface area contributed by atoms with Crippen molar-refractivity contribution in [3.8, 4) is 5.75 Å². The third-order valence-corrected chi connectivity index (χ3v) is 6.70. The van der Waals surface area contributed by atoms with Crippen molar-refractivity contribution in [1.82, 2.24) is 24.9 Å². The lowest BCUT2D eigenvalue weighted by molar-refractivity contribution is -0.143. The van der Waals surface area contributed by atoms with Crippen LogP contribution in [0.2, 0.25) is 10.0 Å². The van der Waals surface area contributed by atoms with Crippen molar-refractivity contribution in [1.29, 1.82) is 0 Å². The van der Waals surface area contributed by atoms with Crippen LogP contribution in [0.1, 0.15) is 51.0 Å². The number of hydrogen-bond acceptors (Lipinski definition) is 10. The number of amides is 1. The summed E-state index contributed by atoms with van der Waals surface area (Å²) in [5, 5.41) is 19.0. The Hall–Kier alpha value is -2.80. The number of aliphatic hydroxyl groups is 1. The fraction of sp³-hybridized carbons (Fsp3) is 0.458. The summed E-state index contributed by atoms with van der Waals surface area (Å²) in [7, 11) is 1.24. The smallest absolute Gasteiger partial charge is 0.408 e. The molecule has 0 bridgehead atoms. The molecule has 0 saturated carbocycles. The van der Waals surface area contributed by atoms with E-state index in [1.54, 1.807) is 32.9 Å². The number of benzene rings is 1. The summed E-state index contributed by atoms with van der Waals surface area (Å²) >= 11 is 14.1. The molecule has 206 valence electrons. The number of ether oxygens (including phenoxy) is 3. The Kier molecular flexibility index (Phi) is 10.0. The molecule has 3 rings (SSSR count). The van der Waals surface area contributed by atoms with E-state index in [0.29, 0.717) is 22.8 Å². The number of aromatic nitrogens is 4. The van der Waals surface area contributed by atoms with Crippen molar-refractivity contribution >= 4 is 52.7 Å². The lowest BCUT2D eigenvalue weighted by Gasteiger charge is -2.22. The Balaban J connectivity index is 1.75. The number of hydrogen-bond donors (Lipinski definition) is 2. The number of esters is 1. The fourth-order valence-corrected chi connectivity index (χ4v) is 4.43. The first-order valence-electron chi connectivity index (χ1n) is 11.6. The first kappa shape index (κ1) is 29.8. The Morgan fingerprint density at radius 2 is 1.97 bits per heavy atom. The maximum Gasteiger partial charge on any atom is 0.408 e. The highest BCUT2D eigenvalue weighted by molar-refractivity contribution is 7.98. The molecule has 0 aliphatic heterocycles. The van der Waals surface area contributed by atoms with Crippen molar-refractivity contribution in [3.63, 3.8) is 0 Å². The van der Waals surface area contributed by atoms with Crippen molar-refractivity contribution < 1.29 is 28.9 Å². The molecule has 38 heavy (non-hydrogen) atoms. The van der Waals surface area contributed by atoms with Gasteiger partial charge in [-0.05, 0) is 52.0 Å². The largest absolute Gasteiger partial charge is 0.493 e. The quantitative estimate of drug-likeness (QED) is 0.199. The molecule has 0 aliphatic rings. The standard InChI is InChI=1S/C24H29Cl2N5O6S/c1-24(2,3)37-23(34)30-14(22(33)35-4)7-6-10-36-16-9-8-13(25)18(26)17(16)19(32)15-11-27-20-21(38-5)28-12-29-31(15)20/h8-9,11-12,14,19,32H,6-7,10H2,1-5H3,(H,30,34)/t14-,19?/m1/s1. The second kappa shape index (κ2) is 12.8. The zero-order valence-corrected chi connectivity index (χ0v) is 23.9. The summed E-state index contributed by atoms with van der Waals surface area (Å²) in [6.07, 6.45) is 3.28. The zero-order chi connectivity index (χ0) is 28.0. The van der Waals surface area contributed by atoms with Crippen LogP contribution >= 0.6 is 35.0 Å². The molecule has 0 saturated heterocycles. The van der Waals surface area contributed by atoms with E-state index in [-0.39, 0.29) is 34.4 Å². The van der Waals surface area contributed by atoms with Crippen LogP contribution in [-0.2, 0) is 14.3 Å². The van der Waals surface area contributed by atoms with Gasteiger partial charge in [0.2, 0.25) is 0 Å². The molecular weight excluding hydrogens is 557 g/mol. The lowest BCUT2D eigenvalue weighted by atomic mass is 10.1. The highest BCUT2D eigenvalue weighted by Gasteiger charge is 2.27. The van der Waals surface area contributed by atoms with Gasteiger partial charge in [0.25, 0.3) is 0 Å². The van der Waals surface area contributed by atoms with Crippen molar-refractivity contribution in [2.75, 3.05) is 20.0 Å². The molecule has 1 aromatic carbocycles. The zero-order valence-electron chi connectivity index (χ0n) is 21.5. The number of carbonyl (C=O) groups is 2. The molecular formula is C24H29Cl2N5O6S. The number of methoxy groups -OCH3 is 1. The number of imidazole rings is 1. The van der Waals surface area contributed by atoms with E-state index in [0.717, 1.165) is 0 Å². The average Bonchev–Trinajstić information content (AvgIpc) is 3.30. The topological polar surface area (TPSA) is 137 Å². The second-order valence-corrected chi connectivity index (χ2v) is 10.7. The first-order valence-corrected chi connectivity index (χ1v) is 13.5. The average molecular weight is 586 g/mol. The highest BCUT2D eigenvalue weighted by Crippen LogP contribution is 2.40. The number of aliphatic hydroxyl groups excluding tert-OH is 1. The summed E-state index contributed by atoms with van der Waals surface area (Å²) < 4.78 is 17.4. The van der Waals surface area contributed by atoms with Crippen molar-refractivity contribution in [2.24, 2.45) is 0 Å². The van der Waals surface area contributed by atoms with Crippen LogP contribution in [0.5, 0.6) is 5.75 Å². The Labute approximate surface area is 234 Å². The third-order valence-electron chi connectivity index (χ3n) is 5.21. The summed E-state index contributed by atoms with van der Waals surface area (Å²) in [6, 6.07) is 2.22. The minimum atomic E-state index is -1.27. The summed E-state index contributed by atoms with van der Waals surface area (Å²) in [4.78, 5) is 32.8. The van der Waals surface area contributed by atoms with Gasteiger partial charge in [0, 0.05) is 5.56 Å². The number of thioether (sulfide) groups is 1. The summed E-state index contributed by atoms with van der Waals surface area (Å²) in [6.45, 7) is 5.29. The highest BCUT2D eigenvalue weighted by atomic mass is 35.5. The van der Waals surface area contributed by atoms with E-state index in [4.69, 9.17) is 37.4 Å². The fourth-order valence-electron chi connectivity index (χ4n) is 3.53. The molecule has 0 fully saturated rings. The van der Waals surface area contributed by atoms with E-state index in [1.807, 2.05) is 6.26 Å². The maximum absolute atomic E-state index is 12.2. The van der Waals surface area contributed by atoms with Gasteiger partial charge < -0.3 is 24.6 Å².